The van der Waals surface area contributed by atoms with Gasteiger partial charge >= 0.3 is 12.2 Å². The zero-order valence-electron chi connectivity index (χ0n) is 23.3. The molecule has 1 aromatic carbocycles. The van der Waals surface area contributed by atoms with Gasteiger partial charge in [0.1, 0.15) is 17.2 Å². The molecule has 3 atom stereocenters. The van der Waals surface area contributed by atoms with E-state index in [2.05, 4.69) is 20.5 Å². The molecule has 0 spiro atoms. The van der Waals surface area contributed by atoms with Gasteiger partial charge in [-0.25, -0.2) is 14.6 Å². The average Bonchev–Trinajstić information content (AvgIpc) is 3.27. The highest BCUT2D eigenvalue weighted by Crippen LogP contribution is 2.23. The maximum Gasteiger partial charge on any atom is 0.509 e. The molecule has 1 amide bonds. The van der Waals surface area contributed by atoms with Gasteiger partial charge in [0.05, 0.1) is 13.2 Å². The number of pyridine rings is 1. The van der Waals surface area contributed by atoms with Crippen LogP contribution in [0.25, 0.3) is 0 Å². The molecule has 0 bridgehead atoms. The second-order valence-electron chi connectivity index (χ2n) is 11.0. The smallest absolute Gasteiger partial charge is 0.497 e. The van der Waals surface area contributed by atoms with Crippen molar-refractivity contribution in [1.29, 1.82) is 0 Å². The van der Waals surface area contributed by atoms with Gasteiger partial charge < -0.3 is 34.5 Å². The number of carbonyl (C=O) groups is 2. The van der Waals surface area contributed by atoms with Gasteiger partial charge in [-0.1, -0.05) is 12.1 Å². The number of rotatable bonds is 8. The minimum Gasteiger partial charge on any atom is -0.497 e. The summed E-state index contributed by atoms with van der Waals surface area (Å²) in [6, 6.07) is 11.3. The quantitative estimate of drug-likeness (QED) is 0.476. The van der Waals surface area contributed by atoms with Crippen LogP contribution in [0.1, 0.15) is 51.2 Å². The Bertz CT molecular complexity index is 1100. The SMILES string of the molecule is COc1ccc(C[C@H]2NC[C@H](OC(=O)OC(C)(C)C)[C@H]2OC(=O)NCc2ccnc(N3CCCCC3)c2)cc1. The van der Waals surface area contributed by atoms with Gasteiger partial charge in [-0.15, -0.1) is 0 Å². The lowest BCUT2D eigenvalue weighted by molar-refractivity contribution is -0.0518. The molecule has 2 aromatic rings. The number of amides is 1. The highest BCUT2D eigenvalue weighted by Gasteiger charge is 2.42. The van der Waals surface area contributed by atoms with Crippen LogP contribution in [-0.2, 0) is 27.2 Å². The fraction of sp³-hybridized carbons (Fsp3) is 0.552. The van der Waals surface area contributed by atoms with Crippen molar-refractivity contribution >= 4 is 18.1 Å². The molecule has 3 heterocycles. The minimum atomic E-state index is -0.796. The fourth-order valence-electron chi connectivity index (χ4n) is 4.83. The third kappa shape index (κ3) is 8.48. The highest BCUT2D eigenvalue weighted by molar-refractivity contribution is 5.68. The van der Waals surface area contributed by atoms with E-state index in [-0.39, 0.29) is 6.04 Å². The fourth-order valence-corrected chi connectivity index (χ4v) is 4.83. The summed E-state index contributed by atoms with van der Waals surface area (Å²) in [6.45, 7) is 7.93. The topological polar surface area (TPSA) is 111 Å². The van der Waals surface area contributed by atoms with Crippen molar-refractivity contribution in [2.24, 2.45) is 0 Å². The third-order valence-corrected chi connectivity index (χ3v) is 6.77. The van der Waals surface area contributed by atoms with Crippen LogP contribution in [-0.4, -0.2) is 67.8 Å². The van der Waals surface area contributed by atoms with Crippen LogP contribution in [0.5, 0.6) is 5.75 Å². The second kappa shape index (κ2) is 13.0. The molecular formula is C29H40N4O6. The van der Waals surface area contributed by atoms with Crippen molar-refractivity contribution in [1.82, 2.24) is 15.6 Å². The first-order chi connectivity index (χ1) is 18.7. The van der Waals surface area contributed by atoms with Crippen LogP contribution in [0.4, 0.5) is 15.4 Å². The predicted octanol–water partition coefficient (Wildman–Crippen LogP) is 4.21. The maximum atomic E-state index is 12.9. The average molecular weight is 541 g/mol. The molecule has 2 N–H and O–H groups in total. The lowest BCUT2D eigenvalue weighted by Crippen LogP contribution is -2.43. The number of nitrogens with zero attached hydrogens (tertiary/aromatic N) is 2. The van der Waals surface area contributed by atoms with Crippen LogP contribution in [0.3, 0.4) is 0 Å². The number of carbonyl (C=O) groups excluding carboxylic acids is 2. The van der Waals surface area contributed by atoms with Gasteiger partial charge in [0.15, 0.2) is 12.2 Å². The number of alkyl carbamates (subject to hydrolysis) is 1. The Morgan fingerprint density at radius 2 is 1.79 bits per heavy atom. The molecule has 2 fully saturated rings. The summed E-state index contributed by atoms with van der Waals surface area (Å²) in [4.78, 5) is 32.1. The molecule has 0 unspecified atom stereocenters. The molecule has 10 nitrogen and oxygen atoms in total. The molecule has 0 radical (unpaired) electrons. The summed E-state index contributed by atoms with van der Waals surface area (Å²) in [6.07, 6.45) is 3.13. The summed E-state index contributed by atoms with van der Waals surface area (Å²) in [5.41, 5.74) is 1.27. The standard InChI is InChI=1S/C29H40N4O6/c1-29(2,3)39-28(35)37-24-19-31-23(16-20-8-10-22(36-4)11-9-20)26(24)38-27(34)32-18-21-12-13-30-25(17-21)33-14-6-5-7-15-33/h8-13,17,23-24,26,31H,5-7,14-16,18-19H2,1-4H3,(H,32,34)/t23-,24+,26+/m1/s1. The maximum absolute atomic E-state index is 12.9. The van der Waals surface area contributed by atoms with Crippen molar-refractivity contribution in [3.63, 3.8) is 0 Å². The lowest BCUT2D eigenvalue weighted by Gasteiger charge is -2.28. The summed E-state index contributed by atoms with van der Waals surface area (Å²) >= 11 is 0. The Labute approximate surface area is 230 Å². The van der Waals surface area contributed by atoms with Crippen molar-refractivity contribution in [2.45, 2.75) is 76.9 Å². The molecule has 10 heteroatoms. The summed E-state index contributed by atoms with van der Waals surface area (Å²) in [5, 5.41) is 6.19. The van der Waals surface area contributed by atoms with Crippen molar-refractivity contribution in [3.8, 4) is 5.75 Å². The van der Waals surface area contributed by atoms with Gasteiger partial charge in [-0.2, -0.15) is 0 Å². The highest BCUT2D eigenvalue weighted by atomic mass is 16.7. The van der Waals surface area contributed by atoms with Crippen LogP contribution in [0.2, 0.25) is 0 Å². The Morgan fingerprint density at radius 3 is 2.49 bits per heavy atom. The van der Waals surface area contributed by atoms with E-state index in [4.69, 9.17) is 18.9 Å². The number of aromatic nitrogens is 1. The second-order valence-corrected chi connectivity index (χ2v) is 11.0. The van der Waals surface area contributed by atoms with Gasteiger partial charge in [0, 0.05) is 32.4 Å². The van der Waals surface area contributed by atoms with E-state index in [1.807, 2.05) is 36.4 Å². The molecule has 0 aliphatic carbocycles. The van der Waals surface area contributed by atoms with Gasteiger partial charge in [0.25, 0.3) is 0 Å². The molecule has 39 heavy (non-hydrogen) atoms. The molecule has 2 aliphatic rings. The zero-order valence-corrected chi connectivity index (χ0v) is 23.3. The first-order valence-corrected chi connectivity index (χ1v) is 13.6. The number of hydrogen-bond donors (Lipinski definition) is 2. The Morgan fingerprint density at radius 1 is 1.05 bits per heavy atom. The Balaban J connectivity index is 1.39. The van der Waals surface area contributed by atoms with Crippen LogP contribution < -0.4 is 20.3 Å². The Kier molecular flexibility index (Phi) is 9.50. The van der Waals surface area contributed by atoms with Gasteiger partial charge in [0.2, 0.25) is 0 Å². The van der Waals surface area contributed by atoms with Crippen molar-refractivity contribution in [2.75, 3.05) is 31.6 Å². The number of ether oxygens (including phenoxy) is 4. The number of hydrogen-bond acceptors (Lipinski definition) is 9. The zero-order chi connectivity index (χ0) is 27.8. The summed E-state index contributed by atoms with van der Waals surface area (Å²) in [5.74, 6) is 1.68. The third-order valence-electron chi connectivity index (χ3n) is 6.77. The van der Waals surface area contributed by atoms with Gasteiger partial charge in [-0.05, 0) is 81.8 Å². The van der Waals surface area contributed by atoms with Crippen molar-refractivity contribution < 1.29 is 28.5 Å². The summed E-state index contributed by atoms with van der Waals surface area (Å²) < 4.78 is 22.0. The largest absolute Gasteiger partial charge is 0.509 e. The van der Waals surface area contributed by atoms with E-state index in [9.17, 15) is 9.59 Å². The van der Waals surface area contributed by atoms with Crippen LogP contribution >= 0.6 is 0 Å². The molecule has 1 aromatic heterocycles. The normalized spacial score (nSPS) is 21.2. The number of nitrogens with one attached hydrogen (secondary N) is 2. The van der Waals surface area contributed by atoms with Crippen LogP contribution in [0, 0.1) is 0 Å². The first-order valence-electron chi connectivity index (χ1n) is 13.6. The summed E-state index contributed by atoms with van der Waals surface area (Å²) in [7, 11) is 1.62. The van der Waals surface area contributed by atoms with E-state index in [0.717, 1.165) is 48.6 Å². The van der Waals surface area contributed by atoms with E-state index < -0.39 is 30.1 Å². The van der Waals surface area contributed by atoms with E-state index in [1.165, 1.54) is 6.42 Å². The first kappa shape index (κ1) is 28.5. The van der Waals surface area contributed by atoms with Crippen LogP contribution in [0.15, 0.2) is 42.6 Å². The van der Waals surface area contributed by atoms with Gasteiger partial charge in [-0.3, -0.25) is 0 Å². The predicted molar refractivity (Wildman–Crippen MR) is 147 cm³/mol. The monoisotopic (exact) mass is 540 g/mol. The van der Waals surface area contributed by atoms with E-state index in [0.29, 0.717) is 19.5 Å². The van der Waals surface area contributed by atoms with E-state index >= 15 is 0 Å². The van der Waals surface area contributed by atoms with E-state index in [1.54, 1.807) is 34.1 Å². The molecular weight excluding hydrogens is 500 g/mol. The number of benzene rings is 1. The molecule has 4 rings (SSSR count). The van der Waals surface area contributed by atoms with Crippen molar-refractivity contribution in [3.05, 3.63) is 53.7 Å². The molecule has 0 saturated carbocycles. The lowest BCUT2D eigenvalue weighted by atomic mass is 10.0. The number of anilines is 1. The molecule has 2 aliphatic heterocycles. The minimum absolute atomic E-state index is 0.261. The number of methoxy groups -OCH3 is 1. The molecule has 2 saturated heterocycles. The Hall–Kier alpha value is -3.53. The number of piperidine rings is 1. The molecule has 212 valence electrons.